The molecule has 1 fully saturated rings. The normalized spacial score (nSPS) is 19.8. The number of hydrogen-bond donors (Lipinski definition) is 1. The van der Waals surface area contributed by atoms with Crippen LogP contribution in [0.25, 0.3) is 0 Å². The zero-order valence-electron chi connectivity index (χ0n) is 9.37. The summed E-state index contributed by atoms with van der Waals surface area (Å²) in [5.41, 5.74) is 0.301. The summed E-state index contributed by atoms with van der Waals surface area (Å²) in [6, 6.07) is 3.74. The third-order valence-electron chi connectivity index (χ3n) is 2.49. The highest BCUT2D eigenvalue weighted by Crippen LogP contribution is 2.22. The molecule has 0 atom stereocenters. The number of phenols is 1. The molecule has 1 aliphatic rings. The van der Waals surface area contributed by atoms with Crippen molar-refractivity contribution >= 4 is 12.6 Å². The summed E-state index contributed by atoms with van der Waals surface area (Å²) >= 11 is 0. The van der Waals surface area contributed by atoms with Gasteiger partial charge in [-0.05, 0) is 18.2 Å². The molecule has 3 nitrogen and oxygen atoms in total. The molecule has 1 aromatic carbocycles. The fraction of sp³-hybridized carbons (Fsp3) is 0.455. The molecule has 1 aromatic rings. The van der Waals surface area contributed by atoms with E-state index in [0.29, 0.717) is 18.7 Å². The molecule has 0 aromatic heterocycles. The molecule has 0 bridgehead atoms. The van der Waals surface area contributed by atoms with Gasteiger partial charge in [0.15, 0.2) is 0 Å². The molecule has 1 N–H and O–H groups in total. The summed E-state index contributed by atoms with van der Waals surface area (Å²) in [7, 11) is -0.677. The number of hydrogen-bond acceptors (Lipinski definition) is 3. The highest BCUT2D eigenvalue weighted by molar-refractivity contribution is 6.62. The Bertz CT molecular complexity index is 385. The van der Waals surface area contributed by atoms with Crippen LogP contribution in [-0.2, 0) is 9.31 Å². The number of rotatable bonds is 1. The fourth-order valence-electron chi connectivity index (χ4n) is 1.59. The predicted octanol–water partition coefficient (Wildman–Crippen LogP) is 1.30. The van der Waals surface area contributed by atoms with E-state index < -0.39 is 12.9 Å². The van der Waals surface area contributed by atoms with E-state index in [9.17, 15) is 9.50 Å². The van der Waals surface area contributed by atoms with Crippen molar-refractivity contribution in [2.24, 2.45) is 5.41 Å². The van der Waals surface area contributed by atoms with Crippen LogP contribution in [-0.4, -0.2) is 25.4 Å². The zero-order valence-corrected chi connectivity index (χ0v) is 9.37. The monoisotopic (exact) mass is 224 g/mol. The lowest BCUT2D eigenvalue weighted by Crippen LogP contribution is -2.47. The highest BCUT2D eigenvalue weighted by atomic mass is 19.1. The van der Waals surface area contributed by atoms with E-state index in [4.69, 9.17) is 9.31 Å². The molecule has 0 amide bonds. The molecule has 0 unspecified atom stereocenters. The number of phenolic OH excluding ortho intramolecular Hbond substituents is 1. The van der Waals surface area contributed by atoms with Crippen molar-refractivity contribution in [2.45, 2.75) is 13.8 Å². The van der Waals surface area contributed by atoms with Crippen LogP contribution in [0.1, 0.15) is 13.8 Å². The highest BCUT2D eigenvalue weighted by Gasteiger charge is 2.35. The largest absolute Gasteiger partial charge is 0.508 e. The Morgan fingerprint density at radius 2 is 1.94 bits per heavy atom. The lowest BCUT2D eigenvalue weighted by molar-refractivity contribution is 0.0341. The molecule has 1 aliphatic heterocycles. The lowest BCUT2D eigenvalue weighted by atomic mass is 9.75. The number of benzene rings is 1. The van der Waals surface area contributed by atoms with Gasteiger partial charge < -0.3 is 14.4 Å². The topological polar surface area (TPSA) is 38.7 Å². The zero-order chi connectivity index (χ0) is 11.8. The molecule has 0 radical (unpaired) electrons. The van der Waals surface area contributed by atoms with Gasteiger partial charge in [-0.25, -0.2) is 4.39 Å². The Hall–Kier alpha value is -1.07. The minimum atomic E-state index is -0.677. The second-order valence-corrected chi connectivity index (χ2v) is 4.82. The first-order valence-electron chi connectivity index (χ1n) is 5.20. The second kappa shape index (κ2) is 4.07. The van der Waals surface area contributed by atoms with Gasteiger partial charge in [0.1, 0.15) is 11.6 Å². The van der Waals surface area contributed by atoms with Gasteiger partial charge in [0.25, 0.3) is 0 Å². The average molecular weight is 224 g/mol. The predicted molar refractivity (Wildman–Crippen MR) is 59.1 cm³/mol. The van der Waals surface area contributed by atoms with E-state index in [-0.39, 0.29) is 11.2 Å². The summed E-state index contributed by atoms with van der Waals surface area (Å²) < 4.78 is 24.0. The second-order valence-electron chi connectivity index (χ2n) is 4.82. The fourth-order valence-corrected chi connectivity index (χ4v) is 1.59. The van der Waals surface area contributed by atoms with Crippen LogP contribution < -0.4 is 5.46 Å². The van der Waals surface area contributed by atoms with E-state index in [1.54, 1.807) is 0 Å². The Morgan fingerprint density at radius 3 is 2.56 bits per heavy atom. The van der Waals surface area contributed by atoms with Gasteiger partial charge in [-0.2, -0.15) is 0 Å². The van der Waals surface area contributed by atoms with Gasteiger partial charge >= 0.3 is 7.12 Å². The number of halogens is 1. The Labute approximate surface area is 94.3 Å². The summed E-state index contributed by atoms with van der Waals surface area (Å²) in [5, 5.41) is 9.59. The van der Waals surface area contributed by atoms with Crippen molar-refractivity contribution in [1.29, 1.82) is 0 Å². The number of aromatic hydroxyl groups is 1. The first-order valence-corrected chi connectivity index (χ1v) is 5.20. The standard InChI is InChI=1S/C11H14BFO3/c1-11(2)6-15-12(16-7-11)9-5-8(13)3-4-10(9)14/h3-5,14H,6-7H2,1-2H3. The van der Waals surface area contributed by atoms with Gasteiger partial charge in [-0.1, -0.05) is 13.8 Å². The van der Waals surface area contributed by atoms with Crippen molar-refractivity contribution in [3.8, 4) is 5.75 Å². The molecule has 5 heteroatoms. The van der Waals surface area contributed by atoms with Gasteiger partial charge in [0.05, 0.1) is 0 Å². The first kappa shape index (κ1) is 11.4. The van der Waals surface area contributed by atoms with Crippen LogP contribution in [0.2, 0.25) is 0 Å². The summed E-state index contributed by atoms with van der Waals surface area (Å²) in [6.07, 6.45) is 0. The molecular formula is C11H14BFO3. The molecule has 16 heavy (non-hydrogen) atoms. The van der Waals surface area contributed by atoms with Crippen LogP contribution in [0.3, 0.4) is 0 Å². The van der Waals surface area contributed by atoms with Crippen LogP contribution in [0.15, 0.2) is 18.2 Å². The van der Waals surface area contributed by atoms with Gasteiger partial charge in [0.2, 0.25) is 0 Å². The Morgan fingerprint density at radius 1 is 1.31 bits per heavy atom. The van der Waals surface area contributed by atoms with E-state index in [1.165, 1.54) is 18.2 Å². The molecular weight excluding hydrogens is 210 g/mol. The van der Waals surface area contributed by atoms with E-state index >= 15 is 0 Å². The van der Waals surface area contributed by atoms with Crippen molar-refractivity contribution in [3.05, 3.63) is 24.0 Å². The van der Waals surface area contributed by atoms with E-state index in [2.05, 4.69) is 0 Å². The van der Waals surface area contributed by atoms with Crippen LogP contribution in [0, 0.1) is 11.2 Å². The third-order valence-corrected chi connectivity index (χ3v) is 2.49. The maximum atomic E-state index is 13.0. The van der Waals surface area contributed by atoms with Gasteiger partial charge in [-0.3, -0.25) is 0 Å². The first-order chi connectivity index (χ1) is 7.48. The van der Waals surface area contributed by atoms with Crippen LogP contribution in [0.4, 0.5) is 4.39 Å². The molecule has 2 rings (SSSR count). The van der Waals surface area contributed by atoms with Crippen molar-refractivity contribution in [3.63, 3.8) is 0 Å². The average Bonchev–Trinajstić information content (AvgIpc) is 2.22. The molecule has 1 saturated heterocycles. The summed E-state index contributed by atoms with van der Waals surface area (Å²) in [6.45, 7) is 5.09. The molecule has 1 heterocycles. The van der Waals surface area contributed by atoms with Gasteiger partial charge in [-0.15, -0.1) is 0 Å². The van der Waals surface area contributed by atoms with E-state index in [0.717, 1.165) is 0 Å². The van der Waals surface area contributed by atoms with Gasteiger partial charge in [0, 0.05) is 24.1 Å². The van der Waals surface area contributed by atoms with Crippen molar-refractivity contribution < 1.29 is 18.8 Å². The maximum Gasteiger partial charge on any atom is 0.497 e. The summed E-state index contributed by atoms with van der Waals surface area (Å²) in [4.78, 5) is 0. The van der Waals surface area contributed by atoms with Crippen molar-refractivity contribution in [2.75, 3.05) is 13.2 Å². The summed E-state index contributed by atoms with van der Waals surface area (Å²) in [5.74, 6) is -0.420. The third kappa shape index (κ3) is 2.36. The van der Waals surface area contributed by atoms with Crippen molar-refractivity contribution in [1.82, 2.24) is 0 Å². The van der Waals surface area contributed by atoms with E-state index in [1.807, 2.05) is 13.8 Å². The molecule has 0 aliphatic carbocycles. The minimum absolute atomic E-state index is 0.00824. The molecule has 0 saturated carbocycles. The lowest BCUT2D eigenvalue weighted by Gasteiger charge is -2.33. The van der Waals surface area contributed by atoms with Crippen LogP contribution >= 0.6 is 0 Å². The Kier molecular flexibility index (Phi) is 2.91. The van der Waals surface area contributed by atoms with Crippen LogP contribution in [0.5, 0.6) is 5.75 Å². The smallest absolute Gasteiger partial charge is 0.497 e. The molecule has 0 spiro atoms. The molecule has 86 valence electrons. The minimum Gasteiger partial charge on any atom is -0.508 e. The quantitative estimate of drug-likeness (QED) is 0.730. The Balaban J connectivity index is 2.17. The maximum absolute atomic E-state index is 13.0. The SMILES string of the molecule is CC1(C)COB(c2cc(F)ccc2O)OC1.